The number of amides is 3. The molecule has 2 atom stereocenters. The molecule has 2 aliphatic rings. The SMILES string of the molecule is C[C@@H]1Oc2ccc(NC(=O)C[C@@H]3Sc4ccc(C(F)(F)F)cc4NC3=O)cc2NC1=O. The Morgan fingerprint density at radius 3 is 2.58 bits per heavy atom. The first-order valence-corrected chi connectivity index (χ1v) is 10.1. The first kappa shape index (κ1) is 21.0. The quantitative estimate of drug-likeness (QED) is 0.659. The van der Waals surface area contributed by atoms with Crippen LogP contribution in [0.15, 0.2) is 41.3 Å². The van der Waals surface area contributed by atoms with Crippen LogP contribution in [0.2, 0.25) is 0 Å². The van der Waals surface area contributed by atoms with E-state index >= 15 is 0 Å². The predicted octanol–water partition coefficient (Wildman–Crippen LogP) is 3.87. The van der Waals surface area contributed by atoms with E-state index in [2.05, 4.69) is 16.0 Å². The zero-order chi connectivity index (χ0) is 22.3. The molecule has 0 aliphatic carbocycles. The van der Waals surface area contributed by atoms with Gasteiger partial charge in [0.1, 0.15) is 5.75 Å². The van der Waals surface area contributed by atoms with Gasteiger partial charge in [0.15, 0.2) is 6.10 Å². The zero-order valence-electron chi connectivity index (χ0n) is 16.0. The number of anilines is 3. The van der Waals surface area contributed by atoms with Gasteiger partial charge in [0, 0.05) is 17.0 Å². The van der Waals surface area contributed by atoms with Gasteiger partial charge in [-0.1, -0.05) is 0 Å². The monoisotopic (exact) mass is 451 g/mol. The lowest BCUT2D eigenvalue weighted by atomic mass is 10.1. The lowest BCUT2D eigenvalue weighted by molar-refractivity contribution is -0.137. The molecule has 3 amide bonds. The standard InChI is InChI=1S/C20H16F3N3O4S/c1-9-18(28)25-12-7-11(3-4-14(12)30-9)24-17(27)8-16-19(29)26-13-6-10(20(21,22)23)2-5-15(13)31-16/h2-7,9,16H,8H2,1H3,(H,24,27)(H,25,28)(H,26,29)/t9-,16-/m0/s1. The second-order valence-corrected chi connectivity index (χ2v) is 8.26. The summed E-state index contributed by atoms with van der Waals surface area (Å²) in [6.45, 7) is 1.61. The highest BCUT2D eigenvalue weighted by Crippen LogP contribution is 2.40. The summed E-state index contributed by atoms with van der Waals surface area (Å²) < 4.78 is 44.0. The van der Waals surface area contributed by atoms with Crippen LogP contribution in [0.1, 0.15) is 18.9 Å². The Morgan fingerprint density at radius 2 is 1.84 bits per heavy atom. The maximum atomic E-state index is 12.9. The lowest BCUT2D eigenvalue weighted by Crippen LogP contribution is -2.34. The molecule has 0 fully saturated rings. The summed E-state index contributed by atoms with van der Waals surface area (Å²) in [5.74, 6) is -0.841. The van der Waals surface area contributed by atoms with Gasteiger partial charge in [0.05, 0.1) is 22.2 Å². The van der Waals surface area contributed by atoms with Crippen LogP contribution in [0.3, 0.4) is 0 Å². The summed E-state index contributed by atoms with van der Waals surface area (Å²) >= 11 is 1.03. The Labute approximate surface area is 178 Å². The number of halogens is 3. The Kier molecular flexibility index (Phi) is 5.29. The maximum absolute atomic E-state index is 12.9. The Balaban J connectivity index is 1.42. The summed E-state index contributed by atoms with van der Waals surface area (Å²) in [5.41, 5.74) is 0.0288. The van der Waals surface area contributed by atoms with Gasteiger partial charge in [-0.2, -0.15) is 13.2 Å². The van der Waals surface area contributed by atoms with Gasteiger partial charge in [-0.15, -0.1) is 11.8 Å². The third-order valence-electron chi connectivity index (χ3n) is 4.69. The molecule has 11 heteroatoms. The van der Waals surface area contributed by atoms with Crippen molar-refractivity contribution in [2.45, 2.75) is 35.8 Å². The summed E-state index contributed by atoms with van der Waals surface area (Å²) in [4.78, 5) is 36.9. The van der Waals surface area contributed by atoms with Crippen LogP contribution in [-0.2, 0) is 20.6 Å². The number of hydrogen-bond acceptors (Lipinski definition) is 5. The van der Waals surface area contributed by atoms with Crippen molar-refractivity contribution >= 4 is 46.5 Å². The lowest BCUT2D eigenvalue weighted by Gasteiger charge is -2.25. The van der Waals surface area contributed by atoms with Crippen molar-refractivity contribution in [3.63, 3.8) is 0 Å². The molecule has 0 saturated heterocycles. The average molecular weight is 451 g/mol. The van der Waals surface area contributed by atoms with Crippen molar-refractivity contribution in [1.82, 2.24) is 0 Å². The van der Waals surface area contributed by atoms with Crippen LogP contribution in [0.4, 0.5) is 30.2 Å². The molecule has 3 N–H and O–H groups in total. The van der Waals surface area contributed by atoms with Gasteiger partial charge in [-0.3, -0.25) is 14.4 Å². The van der Waals surface area contributed by atoms with E-state index in [1.54, 1.807) is 25.1 Å². The molecule has 0 bridgehead atoms. The Bertz CT molecular complexity index is 1090. The molecule has 2 aromatic carbocycles. The van der Waals surface area contributed by atoms with Crippen molar-refractivity contribution in [2.24, 2.45) is 0 Å². The molecule has 0 unspecified atom stereocenters. The fraction of sp³-hybridized carbons (Fsp3) is 0.250. The second-order valence-electron chi connectivity index (χ2n) is 7.02. The van der Waals surface area contributed by atoms with E-state index < -0.39 is 34.9 Å². The molecule has 0 aromatic heterocycles. The number of ether oxygens (including phenoxy) is 1. The largest absolute Gasteiger partial charge is 0.479 e. The Morgan fingerprint density at radius 1 is 1.10 bits per heavy atom. The number of hydrogen-bond donors (Lipinski definition) is 3. The highest BCUT2D eigenvalue weighted by Gasteiger charge is 2.34. The molecular weight excluding hydrogens is 435 g/mol. The van der Waals surface area contributed by atoms with E-state index in [-0.39, 0.29) is 18.0 Å². The number of carbonyl (C=O) groups excluding carboxylic acids is 3. The van der Waals surface area contributed by atoms with E-state index in [1.807, 2.05) is 0 Å². The summed E-state index contributed by atoms with van der Waals surface area (Å²) in [5, 5.41) is 6.96. The number of benzene rings is 2. The van der Waals surface area contributed by atoms with E-state index in [4.69, 9.17) is 4.74 Å². The summed E-state index contributed by atoms with van der Waals surface area (Å²) in [6.07, 6.45) is -5.32. The Hall–Kier alpha value is -3.21. The maximum Gasteiger partial charge on any atom is 0.416 e. The molecule has 0 spiro atoms. The smallest absolute Gasteiger partial charge is 0.416 e. The summed E-state index contributed by atoms with van der Waals surface area (Å²) in [7, 11) is 0. The molecule has 7 nitrogen and oxygen atoms in total. The van der Waals surface area contributed by atoms with Gasteiger partial charge in [-0.25, -0.2) is 0 Å². The second kappa shape index (κ2) is 7.80. The van der Waals surface area contributed by atoms with Crippen molar-refractivity contribution in [1.29, 1.82) is 0 Å². The van der Waals surface area contributed by atoms with Gasteiger partial charge < -0.3 is 20.7 Å². The predicted molar refractivity (Wildman–Crippen MR) is 108 cm³/mol. The van der Waals surface area contributed by atoms with Crippen LogP contribution < -0.4 is 20.7 Å². The van der Waals surface area contributed by atoms with Crippen LogP contribution in [0, 0.1) is 0 Å². The molecule has 0 saturated carbocycles. The minimum atomic E-state index is -4.52. The fourth-order valence-electron chi connectivity index (χ4n) is 3.13. The third-order valence-corrected chi connectivity index (χ3v) is 5.97. The highest BCUT2D eigenvalue weighted by molar-refractivity contribution is 8.01. The van der Waals surface area contributed by atoms with Gasteiger partial charge in [-0.05, 0) is 43.3 Å². The topological polar surface area (TPSA) is 96.5 Å². The first-order valence-electron chi connectivity index (χ1n) is 9.20. The van der Waals surface area contributed by atoms with E-state index in [0.717, 1.165) is 23.9 Å². The minimum Gasteiger partial charge on any atom is -0.479 e. The van der Waals surface area contributed by atoms with Crippen LogP contribution in [-0.4, -0.2) is 29.1 Å². The molecule has 31 heavy (non-hydrogen) atoms. The van der Waals surface area contributed by atoms with Crippen molar-refractivity contribution < 1.29 is 32.3 Å². The number of fused-ring (bicyclic) bond motifs is 2. The molecule has 162 valence electrons. The molecule has 4 rings (SSSR count). The van der Waals surface area contributed by atoms with E-state index in [9.17, 15) is 27.6 Å². The van der Waals surface area contributed by atoms with E-state index in [0.29, 0.717) is 22.0 Å². The number of carbonyl (C=O) groups is 3. The molecular formula is C20H16F3N3O4S. The van der Waals surface area contributed by atoms with E-state index in [1.165, 1.54) is 6.07 Å². The molecule has 2 aromatic rings. The molecule has 2 aliphatic heterocycles. The van der Waals surface area contributed by atoms with Crippen molar-refractivity contribution in [3.05, 3.63) is 42.0 Å². The zero-order valence-corrected chi connectivity index (χ0v) is 16.8. The van der Waals surface area contributed by atoms with Crippen molar-refractivity contribution in [2.75, 3.05) is 16.0 Å². The normalized spacial score (nSPS) is 20.0. The van der Waals surface area contributed by atoms with Gasteiger partial charge >= 0.3 is 6.18 Å². The van der Waals surface area contributed by atoms with Crippen LogP contribution in [0.25, 0.3) is 0 Å². The minimum absolute atomic E-state index is 0.0705. The number of thioether (sulfide) groups is 1. The number of nitrogens with one attached hydrogen (secondary N) is 3. The third kappa shape index (κ3) is 4.46. The number of rotatable bonds is 3. The van der Waals surface area contributed by atoms with Crippen molar-refractivity contribution in [3.8, 4) is 5.75 Å². The fourth-order valence-corrected chi connectivity index (χ4v) is 4.22. The average Bonchev–Trinajstić information content (AvgIpc) is 2.68. The summed E-state index contributed by atoms with van der Waals surface area (Å²) in [6, 6.07) is 7.84. The van der Waals surface area contributed by atoms with Gasteiger partial charge in [0.2, 0.25) is 11.8 Å². The molecule has 0 radical (unpaired) electrons. The first-order chi connectivity index (χ1) is 14.6. The number of alkyl halides is 3. The highest BCUT2D eigenvalue weighted by atomic mass is 32.2. The molecule has 2 heterocycles. The van der Waals surface area contributed by atoms with Crippen LogP contribution in [0.5, 0.6) is 5.75 Å². The van der Waals surface area contributed by atoms with Gasteiger partial charge in [0.25, 0.3) is 5.91 Å². The van der Waals surface area contributed by atoms with Crippen LogP contribution >= 0.6 is 11.8 Å².